The van der Waals surface area contributed by atoms with Gasteiger partial charge in [-0.05, 0) is 57.6 Å². The van der Waals surface area contributed by atoms with Crippen molar-refractivity contribution in [2.45, 2.75) is 30.9 Å². The number of hydrogen-bond donors (Lipinski definition) is 0. The van der Waals surface area contributed by atoms with Crippen LogP contribution in [0.15, 0.2) is 24.3 Å². The van der Waals surface area contributed by atoms with Gasteiger partial charge in [0.2, 0.25) is 0 Å². The molecule has 2 atom stereocenters. The molecule has 0 N–H and O–H groups in total. The number of rotatable bonds is 5. The minimum absolute atomic E-state index is 0.0630. The zero-order chi connectivity index (χ0) is 16.3. The Hall–Kier alpha value is -0.810. The first-order chi connectivity index (χ1) is 11.1. The van der Waals surface area contributed by atoms with E-state index >= 15 is 0 Å². The first-order valence-electron chi connectivity index (χ1n) is 8.47. The largest absolute Gasteiger partial charge is 0.492 e. The van der Waals surface area contributed by atoms with Crippen LogP contribution < -0.4 is 4.74 Å². The van der Waals surface area contributed by atoms with Gasteiger partial charge in [0.1, 0.15) is 12.4 Å². The lowest BCUT2D eigenvalue weighted by molar-refractivity contribution is -0.0931. The number of nitrogens with zero attached hydrogens (tertiary/aromatic N) is 2. The predicted octanol–water partition coefficient (Wildman–Crippen LogP) is 2.90. The molecule has 2 heterocycles. The van der Waals surface area contributed by atoms with Gasteiger partial charge >= 0.3 is 0 Å². The molecular weight excluding hydrogens is 312 g/mol. The third kappa shape index (κ3) is 4.38. The van der Waals surface area contributed by atoms with Crippen molar-refractivity contribution in [2.24, 2.45) is 0 Å². The number of halogens is 1. The van der Waals surface area contributed by atoms with Crippen molar-refractivity contribution in [3.63, 3.8) is 0 Å². The molecule has 0 bridgehead atoms. The van der Waals surface area contributed by atoms with Gasteiger partial charge < -0.3 is 14.4 Å². The first kappa shape index (κ1) is 17.0. The van der Waals surface area contributed by atoms with Gasteiger partial charge in [0.15, 0.2) is 0 Å². The number of hydrogen-bond acceptors (Lipinski definition) is 4. The maximum Gasteiger partial charge on any atom is 0.119 e. The van der Waals surface area contributed by atoms with E-state index in [4.69, 9.17) is 21.1 Å². The predicted molar refractivity (Wildman–Crippen MR) is 93.4 cm³/mol. The average Bonchev–Trinajstić information content (AvgIpc) is 2.92. The van der Waals surface area contributed by atoms with Crippen LogP contribution in [0, 0.1) is 0 Å². The summed E-state index contributed by atoms with van der Waals surface area (Å²) in [6.07, 6.45) is 3.43. The van der Waals surface area contributed by atoms with Crippen LogP contribution in [-0.4, -0.2) is 68.4 Å². The summed E-state index contributed by atoms with van der Waals surface area (Å²) in [6.45, 7) is 4.67. The second-order valence-corrected chi connectivity index (χ2v) is 7.41. The van der Waals surface area contributed by atoms with Gasteiger partial charge in [-0.3, -0.25) is 4.90 Å². The zero-order valence-electron chi connectivity index (χ0n) is 14.1. The quantitative estimate of drug-likeness (QED) is 0.824. The van der Waals surface area contributed by atoms with Crippen molar-refractivity contribution >= 4 is 11.6 Å². The molecule has 2 saturated heterocycles. The molecule has 0 unspecified atom stereocenters. The normalized spacial score (nSPS) is 28.6. The van der Waals surface area contributed by atoms with Crippen molar-refractivity contribution in [3.8, 4) is 5.75 Å². The van der Waals surface area contributed by atoms with Crippen LogP contribution in [-0.2, 0) is 4.74 Å². The lowest BCUT2D eigenvalue weighted by Crippen LogP contribution is -2.48. The van der Waals surface area contributed by atoms with Crippen molar-refractivity contribution in [2.75, 3.05) is 46.9 Å². The number of likely N-dealkylation sites (tertiary alicyclic amines) is 1. The molecule has 0 aliphatic carbocycles. The van der Waals surface area contributed by atoms with Crippen molar-refractivity contribution in [1.82, 2.24) is 9.80 Å². The SMILES string of the molecule is CN(C)[C@@H]1CCO[C@]2(CCN(CCOc3ccc(Cl)cc3)C2)C1. The first-order valence-corrected chi connectivity index (χ1v) is 8.85. The molecule has 1 aromatic carbocycles. The summed E-state index contributed by atoms with van der Waals surface area (Å²) in [6, 6.07) is 8.20. The van der Waals surface area contributed by atoms with E-state index in [1.807, 2.05) is 24.3 Å². The van der Waals surface area contributed by atoms with Crippen molar-refractivity contribution in [1.29, 1.82) is 0 Å². The summed E-state index contributed by atoms with van der Waals surface area (Å²) in [7, 11) is 4.35. The molecule has 128 valence electrons. The zero-order valence-corrected chi connectivity index (χ0v) is 14.9. The highest BCUT2D eigenvalue weighted by Gasteiger charge is 2.43. The van der Waals surface area contributed by atoms with Gasteiger partial charge in [0.05, 0.1) is 5.60 Å². The highest BCUT2D eigenvalue weighted by molar-refractivity contribution is 6.30. The van der Waals surface area contributed by atoms with Crippen molar-refractivity contribution < 1.29 is 9.47 Å². The van der Waals surface area contributed by atoms with Gasteiger partial charge in [0, 0.05) is 37.3 Å². The summed E-state index contributed by atoms with van der Waals surface area (Å²) in [5.74, 6) is 0.880. The van der Waals surface area contributed by atoms with Gasteiger partial charge in [-0.1, -0.05) is 11.6 Å². The highest BCUT2D eigenvalue weighted by atomic mass is 35.5. The molecule has 0 amide bonds. The maximum atomic E-state index is 6.19. The summed E-state index contributed by atoms with van der Waals surface area (Å²) < 4.78 is 12.0. The second kappa shape index (κ2) is 7.39. The van der Waals surface area contributed by atoms with E-state index in [9.17, 15) is 0 Å². The van der Waals surface area contributed by atoms with Crippen LogP contribution >= 0.6 is 11.6 Å². The van der Waals surface area contributed by atoms with E-state index < -0.39 is 0 Å². The molecule has 1 spiro atoms. The smallest absolute Gasteiger partial charge is 0.119 e. The standard InChI is InChI=1S/C18H27ClN2O2/c1-20(2)16-7-11-23-18(13-16)8-9-21(14-18)10-12-22-17-5-3-15(19)4-6-17/h3-6,16H,7-14H2,1-2H3/t16-,18-/m1/s1. The van der Waals surface area contributed by atoms with E-state index in [1.165, 1.54) is 0 Å². The fraction of sp³-hybridized carbons (Fsp3) is 0.667. The molecule has 1 aromatic rings. The van der Waals surface area contributed by atoms with Gasteiger partial charge in [-0.2, -0.15) is 0 Å². The Kier molecular flexibility index (Phi) is 5.47. The van der Waals surface area contributed by atoms with E-state index in [0.29, 0.717) is 12.6 Å². The second-order valence-electron chi connectivity index (χ2n) is 6.97. The van der Waals surface area contributed by atoms with Crippen LogP contribution in [0.5, 0.6) is 5.75 Å². The lowest BCUT2D eigenvalue weighted by Gasteiger charge is -2.40. The molecule has 0 saturated carbocycles. The summed E-state index contributed by atoms with van der Waals surface area (Å²) in [5.41, 5.74) is 0.0630. The third-order valence-electron chi connectivity index (χ3n) is 5.08. The molecule has 23 heavy (non-hydrogen) atoms. The van der Waals surface area contributed by atoms with Gasteiger partial charge in [-0.25, -0.2) is 0 Å². The molecule has 4 nitrogen and oxygen atoms in total. The Bertz CT molecular complexity index is 508. The van der Waals surface area contributed by atoms with E-state index in [0.717, 1.165) is 56.3 Å². The molecule has 5 heteroatoms. The Labute approximate surface area is 144 Å². The topological polar surface area (TPSA) is 24.9 Å². The Morgan fingerprint density at radius 3 is 2.87 bits per heavy atom. The lowest BCUT2D eigenvalue weighted by atomic mass is 9.89. The van der Waals surface area contributed by atoms with E-state index in [2.05, 4.69) is 23.9 Å². The summed E-state index contributed by atoms with van der Waals surface area (Å²) in [5, 5.41) is 0.740. The molecule has 2 aliphatic heterocycles. The molecule has 0 radical (unpaired) electrons. The summed E-state index contributed by atoms with van der Waals surface area (Å²) >= 11 is 5.88. The Morgan fingerprint density at radius 2 is 2.13 bits per heavy atom. The molecule has 3 rings (SSSR count). The van der Waals surface area contributed by atoms with Crippen LogP contribution in [0.25, 0.3) is 0 Å². The average molecular weight is 339 g/mol. The van der Waals surface area contributed by atoms with Crippen LogP contribution in [0.4, 0.5) is 0 Å². The van der Waals surface area contributed by atoms with Crippen molar-refractivity contribution in [3.05, 3.63) is 29.3 Å². The summed E-state index contributed by atoms with van der Waals surface area (Å²) in [4.78, 5) is 4.81. The maximum absolute atomic E-state index is 6.19. The van der Waals surface area contributed by atoms with E-state index in [1.54, 1.807) is 0 Å². The molecule has 2 aliphatic rings. The highest BCUT2D eigenvalue weighted by Crippen LogP contribution is 2.35. The fourth-order valence-corrected chi connectivity index (χ4v) is 3.79. The fourth-order valence-electron chi connectivity index (χ4n) is 3.67. The van der Waals surface area contributed by atoms with E-state index in [-0.39, 0.29) is 5.60 Å². The molecule has 2 fully saturated rings. The third-order valence-corrected chi connectivity index (χ3v) is 5.33. The van der Waals surface area contributed by atoms with Crippen LogP contribution in [0.3, 0.4) is 0 Å². The minimum Gasteiger partial charge on any atom is -0.492 e. The molecule has 0 aromatic heterocycles. The van der Waals surface area contributed by atoms with Crippen LogP contribution in [0.1, 0.15) is 19.3 Å². The minimum atomic E-state index is 0.0630. The van der Waals surface area contributed by atoms with Gasteiger partial charge in [-0.15, -0.1) is 0 Å². The monoisotopic (exact) mass is 338 g/mol. The number of benzene rings is 1. The van der Waals surface area contributed by atoms with Crippen LogP contribution in [0.2, 0.25) is 5.02 Å². The Morgan fingerprint density at radius 1 is 1.35 bits per heavy atom. The Balaban J connectivity index is 1.45. The van der Waals surface area contributed by atoms with Gasteiger partial charge in [0.25, 0.3) is 0 Å². The molecular formula is C18H27ClN2O2. The number of ether oxygens (including phenoxy) is 2.